The number of rotatable bonds is 3. The lowest BCUT2D eigenvalue weighted by molar-refractivity contribution is -0.137. The van der Waals surface area contributed by atoms with E-state index in [4.69, 9.17) is 0 Å². The molecular weight excluding hydrogens is 287 g/mol. The minimum Gasteiger partial charge on any atom is -0.460 e. The number of Topliss-reactive ketones (excluding diaryl/α,β-unsaturated/α-hetero) is 1. The van der Waals surface area contributed by atoms with E-state index in [1.807, 2.05) is 0 Å². The van der Waals surface area contributed by atoms with Crippen molar-refractivity contribution in [3.8, 4) is 0 Å². The van der Waals surface area contributed by atoms with Crippen molar-refractivity contribution in [1.82, 2.24) is 4.57 Å². The van der Waals surface area contributed by atoms with Crippen molar-refractivity contribution in [3.63, 3.8) is 0 Å². The summed E-state index contributed by atoms with van der Waals surface area (Å²) in [5.74, 6) is -2.05. The maximum atomic E-state index is 13.0. The van der Waals surface area contributed by atoms with Crippen LogP contribution in [0.2, 0.25) is 0 Å². The van der Waals surface area contributed by atoms with Crippen molar-refractivity contribution in [3.05, 3.63) is 35.5 Å². The molecule has 112 valence electrons. The van der Waals surface area contributed by atoms with E-state index in [0.717, 1.165) is 10.6 Å². The average Bonchev–Trinajstić information content (AvgIpc) is 2.74. The number of ketones is 1. The van der Waals surface area contributed by atoms with Crippen LogP contribution in [0.25, 0.3) is 10.9 Å². The Kier molecular flexibility index (Phi) is 3.76. The van der Waals surface area contributed by atoms with E-state index in [2.05, 4.69) is 4.74 Å². The zero-order chi connectivity index (χ0) is 15.8. The quantitative estimate of drug-likeness (QED) is 0.497. The third kappa shape index (κ3) is 2.63. The number of fused-ring (bicyclic) bond motifs is 1. The van der Waals surface area contributed by atoms with Gasteiger partial charge in [-0.2, -0.15) is 13.2 Å². The van der Waals surface area contributed by atoms with Crippen molar-refractivity contribution in [2.24, 2.45) is 7.05 Å². The molecule has 1 heterocycles. The molecule has 4 nitrogen and oxygen atoms in total. The summed E-state index contributed by atoms with van der Waals surface area (Å²) in [6.07, 6.45) is -4.55. The highest BCUT2D eigenvalue weighted by molar-refractivity contribution is 6.40. The molecule has 0 fully saturated rings. The zero-order valence-electron chi connectivity index (χ0n) is 11.3. The van der Waals surface area contributed by atoms with Crippen LogP contribution < -0.4 is 0 Å². The molecule has 0 unspecified atom stereocenters. The number of alkyl halides is 3. The molecule has 0 aliphatic heterocycles. The van der Waals surface area contributed by atoms with E-state index >= 15 is 0 Å². The van der Waals surface area contributed by atoms with Crippen LogP contribution in [0.3, 0.4) is 0 Å². The fourth-order valence-electron chi connectivity index (χ4n) is 2.16. The van der Waals surface area contributed by atoms with Crippen LogP contribution >= 0.6 is 0 Å². The molecule has 21 heavy (non-hydrogen) atoms. The molecule has 0 atom stereocenters. The van der Waals surface area contributed by atoms with Crippen LogP contribution in [0, 0.1) is 0 Å². The van der Waals surface area contributed by atoms with Crippen molar-refractivity contribution in [2.75, 3.05) is 6.61 Å². The Morgan fingerprint density at radius 3 is 2.52 bits per heavy atom. The molecule has 0 N–H and O–H groups in total. The number of esters is 1. The first-order chi connectivity index (χ1) is 9.77. The second kappa shape index (κ2) is 5.23. The summed E-state index contributed by atoms with van der Waals surface area (Å²) in [5.41, 5.74) is -1.14. The van der Waals surface area contributed by atoms with Gasteiger partial charge in [-0.1, -0.05) is 12.1 Å². The third-order valence-electron chi connectivity index (χ3n) is 3.06. The molecule has 0 radical (unpaired) electrons. The van der Waals surface area contributed by atoms with E-state index < -0.39 is 23.5 Å². The summed E-state index contributed by atoms with van der Waals surface area (Å²) < 4.78 is 44.6. The van der Waals surface area contributed by atoms with E-state index in [9.17, 15) is 22.8 Å². The molecule has 0 saturated heterocycles. The summed E-state index contributed by atoms with van der Waals surface area (Å²) in [6.45, 7) is 1.55. The number of carbonyl (C=O) groups is 2. The minimum atomic E-state index is -4.55. The Labute approximate surface area is 118 Å². The minimum absolute atomic E-state index is 0.0162. The number of para-hydroxylation sites is 1. The third-order valence-corrected chi connectivity index (χ3v) is 3.06. The highest BCUT2D eigenvalue weighted by Crippen LogP contribution is 2.35. The Morgan fingerprint density at radius 2 is 1.95 bits per heavy atom. The van der Waals surface area contributed by atoms with Gasteiger partial charge < -0.3 is 9.30 Å². The van der Waals surface area contributed by atoms with Crippen LogP contribution in [-0.2, 0) is 22.8 Å². The van der Waals surface area contributed by atoms with Gasteiger partial charge in [-0.3, -0.25) is 4.79 Å². The van der Waals surface area contributed by atoms with Gasteiger partial charge >= 0.3 is 12.1 Å². The van der Waals surface area contributed by atoms with Gasteiger partial charge in [0.25, 0.3) is 5.78 Å². The molecule has 1 aromatic heterocycles. The van der Waals surface area contributed by atoms with Crippen molar-refractivity contribution >= 4 is 22.7 Å². The standard InChI is InChI=1S/C14H12F3NO3/c1-3-21-13(20)12(19)10-7-8-5-4-6-9(14(15,16)17)11(8)18(10)2/h4-7H,3H2,1-2H3. The van der Waals surface area contributed by atoms with E-state index in [1.165, 1.54) is 32.2 Å². The summed E-state index contributed by atoms with van der Waals surface area (Å²) in [6, 6.07) is 4.89. The number of carbonyl (C=O) groups excluding carboxylic acids is 2. The predicted molar refractivity (Wildman–Crippen MR) is 68.9 cm³/mol. The molecule has 0 bridgehead atoms. The first kappa shape index (κ1) is 15.1. The van der Waals surface area contributed by atoms with Gasteiger partial charge in [0, 0.05) is 12.4 Å². The lowest BCUT2D eigenvalue weighted by atomic mass is 10.1. The number of aryl methyl sites for hydroxylation is 1. The zero-order valence-corrected chi connectivity index (χ0v) is 11.3. The summed E-state index contributed by atoms with van der Waals surface area (Å²) in [5, 5.41) is 0.236. The SMILES string of the molecule is CCOC(=O)C(=O)c1cc2cccc(C(F)(F)F)c2n1C. The second-order valence-corrected chi connectivity index (χ2v) is 4.38. The van der Waals surface area contributed by atoms with E-state index in [0.29, 0.717) is 0 Å². The molecule has 0 spiro atoms. The average molecular weight is 299 g/mol. The second-order valence-electron chi connectivity index (χ2n) is 4.38. The monoisotopic (exact) mass is 299 g/mol. The smallest absolute Gasteiger partial charge is 0.418 e. The number of hydrogen-bond donors (Lipinski definition) is 0. The fraction of sp³-hybridized carbons (Fsp3) is 0.286. The number of nitrogens with zero attached hydrogens (tertiary/aromatic N) is 1. The Hall–Kier alpha value is -2.31. The van der Waals surface area contributed by atoms with Crippen LogP contribution in [-0.4, -0.2) is 22.9 Å². The molecule has 0 aliphatic carbocycles. The lowest BCUT2D eigenvalue weighted by Gasteiger charge is -2.10. The summed E-state index contributed by atoms with van der Waals surface area (Å²) in [4.78, 5) is 23.4. The highest BCUT2D eigenvalue weighted by Gasteiger charge is 2.34. The first-order valence-corrected chi connectivity index (χ1v) is 6.14. The first-order valence-electron chi connectivity index (χ1n) is 6.14. The van der Waals surface area contributed by atoms with E-state index in [-0.39, 0.29) is 23.2 Å². The summed E-state index contributed by atoms with van der Waals surface area (Å²) >= 11 is 0. The van der Waals surface area contributed by atoms with Gasteiger partial charge in [-0.05, 0) is 19.1 Å². The number of ether oxygens (including phenoxy) is 1. The molecule has 0 amide bonds. The van der Waals surface area contributed by atoms with Gasteiger partial charge in [0.05, 0.1) is 23.4 Å². The number of hydrogen-bond acceptors (Lipinski definition) is 3. The predicted octanol–water partition coefficient (Wildman–Crippen LogP) is 2.94. The number of halogens is 3. The maximum absolute atomic E-state index is 13.0. The van der Waals surface area contributed by atoms with Gasteiger partial charge in [-0.15, -0.1) is 0 Å². The highest BCUT2D eigenvalue weighted by atomic mass is 19.4. The molecule has 2 rings (SSSR count). The topological polar surface area (TPSA) is 48.3 Å². The number of benzene rings is 1. The van der Waals surface area contributed by atoms with Crippen LogP contribution in [0.4, 0.5) is 13.2 Å². The van der Waals surface area contributed by atoms with Gasteiger partial charge in [0.2, 0.25) is 0 Å². The van der Waals surface area contributed by atoms with Gasteiger partial charge in [0.1, 0.15) is 0 Å². The molecule has 7 heteroatoms. The molecule has 1 aromatic carbocycles. The fourth-order valence-corrected chi connectivity index (χ4v) is 2.16. The Morgan fingerprint density at radius 1 is 1.29 bits per heavy atom. The van der Waals surface area contributed by atoms with Crippen molar-refractivity contribution in [1.29, 1.82) is 0 Å². The van der Waals surface area contributed by atoms with Crippen LogP contribution in [0.15, 0.2) is 24.3 Å². The Bertz CT molecular complexity index is 716. The molecule has 0 saturated carbocycles. The number of aromatic nitrogens is 1. The molecule has 0 aliphatic rings. The maximum Gasteiger partial charge on any atom is 0.418 e. The van der Waals surface area contributed by atoms with E-state index in [1.54, 1.807) is 0 Å². The molecule has 2 aromatic rings. The molecular formula is C14H12F3NO3. The van der Waals surface area contributed by atoms with Crippen LogP contribution in [0.5, 0.6) is 0 Å². The normalized spacial score (nSPS) is 11.7. The van der Waals surface area contributed by atoms with Gasteiger partial charge in [-0.25, -0.2) is 4.79 Å². The van der Waals surface area contributed by atoms with Crippen molar-refractivity contribution < 1.29 is 27.5 Å². The lowest BCUT2D eigenvalue weighted by Crippen LogP contribution is -2.20. The van der Waals surface area contributed by atoms with Crippen LogP contribution in [0.1, 0.15) is 23.0 Å². The van der Waals surface area contributed by atoms with Crippen molar-refractivity contribution in [2.45, 2.75) is 13.1 Å². The van der Waals surface area contributed by atoms with Gasteiger partial charge in [0.15, 0.2) is 0 Å². The summed E-state index contributed by atoms with van der Waals surface area (Å²) in [7, 11) is 1.31. The Balaban J connectivity index is 2.62. The largest absolute Gasteiger partial charge is 0.460 e.